The maximum Gasteiger partial charge on any atom is 0.410 e. The predicted octanol–water partition coefficient (Wildman–Crippen LogP) is 5.09. The minimum atomic E-state index is -0.921. The lowest BCUT2D eigenvalue weighted by molar-refractivity contribution is -0.142. The number of para-hydroxylation sites is 1. The van der Waals surface area contributed by atoms with E-state index in [1.54, 1.807) is 4.90 Å². The average molecular weight is 667 g/mol. The minimum absolute atomic E-state index is 0. The van der Waals surface area contributed by atoms with Crippen molar-refractivity contribution in [3.8, 4) is 0 Å². The van der Waals surface area contributed by atoms with Gasteiger partial charge in [0.1, 0.15) is 0 Å². The highest BCUT2D eigenvalue weighted by atomic mass is 35.5. The Hall–Kier alpha value is -3.34. The van der Waals surface area contributed by atoms with E-state index in [9.17, 15) is 14.4 Å². The smallest absolute Gasteiger partial charge is 0.410 e. The van der Waals surface area contributed by atoms with Crippen LogP contribution in [0.4, 0.5) is 15.3 Å². The van der Waals surface area contributed by atoms with Crippen LogP contribution < -0.4 is 10.6 Å². The summed E-state index contributed by atoms with van der Waals surface area (Å²) in [4.78, 5) is 48.7. The van der Waals surface area contributed by atoms with Gasteiger partial charge in [0.15, 0.2) is 6.10 Å². The second kappa shape index (κ2) is 15.7. The summed E-state index contributed by atoms with van der Waals surface area (Å²) in [6, 6.07) is 12.3. The first-order chi connectivity index (χ1) is 22.3. The SMILES string of the molecule is C.Cc1cc(C[C@@H](OC(=O)N2CCC(N3CCc4ccccc4NC3=O)CC2)C(=O)N2CCC(N3CCNCC3)CC2)cc(C)c1Cl. The second-order valence-corrected chi connectivity index (χ2v) is 13.6. The van der Waals surface area contributed by atoms with Crippen LogP contribution in [0.1, 0.15) is 55.4 Å². The number of piperidine rings is 2. The van der Waals surface area contributed by atoms with E-state index >= 15 is 0 Å². The van der Waals surface area contributed by atoms with Crippen molar-refractivity contribution in [1.29, 1.82) is 0 Å². The number of amides is 4. The molecule has 3 saturated heterocycles. The van der Waals surface area contributed by atoms with Gasteiger partial charge in [-0.15, -0.1) is 0 Å². The molecule has 256 valence electrons. The van der Waals surface area contributed by atoms with E-state index in [1.807, 2.05) is 54.0 Å². The van der Waals surface area contributed by atoms with Crippen LogP contribution in [0.3, 0.4) is 0 Å². The van der Waals surface area contributed by atoms with Gasteiger partial charge in [-0.1, -0.05) is 49.4 Å². The predicted molar refractivity (Wildman–Crippen MR) is 186 cm³/mol. The van der Waals surface area contributed by atoms with Gasteiger partial charge in [-0.05, 0) is 74.3 Å². The summed E-state index contributed by atoms with van der Waals surface area (Å²) in [7, 11) is 0. The van der Waals surface area contributed by atoms with E-state index in [1.165, 1.54) is 0 Å². The van der Waals surface area contributed by atoms with Crippen LogP contribution in [0.25, 0.3) is 0 Å². The Balaban J connectivity index is 0.00000433. The monoisotopic (exact) mass is 666 g/mol. The van der Waals surface area contributed by atoms with Crippen molar-refractivity contribution in [2.75, 3.05) is 64.2 Å². The molecule has 11 heteroatoms. The molecule has 0 saturated carbocycles. The van der Waals surface area contributed by atoms with Crippen molar-refractivity contribution in [2.24, 2.45) is 0 Å². The third kappa shape index (κ3) is 8.21. The number of hydrogen-bond acceptors (Lipinski definition) is 6. The number of hydrogen-bond donors (Lipinski definition) is 2. The van der Waals surface area contributed by atoms with Gasteiger partial charge in [0.25, 0.3) is 5.91 Å². The molecule has 3 fully saturated rings. The number of fused-ring (bicyclic) bond motifs is 1. The number of benzene rings is 2. The number of rotatable bonds is 6. The molecule has 6 rings (SSSR count). The molecule has 4 heterocycles. The number of piperazine rings is 1. The molecule has 0 unspecified atom stereocenters. The fourth-order valence-corrected chi connectivity index (χ4v) is 7.65. The molecule has 4 amide bonds. The van der Waals surface area contributed by atoms with Gasteiger partial charge >= 0.3 is 12.1 Å². The molecule has 0 bridgehead atoms. The molecule has 47 heavy (non-hydrogen) atoms. The van der Waals surface area contributed by atoms with Crippen molar-refractivity contribution in [1.82, 2.24) is 24.9 Å². The van der Waals surface area contributed by atoms with Crippen molar-refractivity contribution in [2.45, 2.75) is 78.0 Å². The summed E-state index contributed by atoms with van der Waals surface area (Å²) in [5.41, 5.74) is 4.80. The summed E-state index contributed by atoms with van der Waals surface area (Å²) >= 11 is 6.44. The molecule has 0 aromatic heterocycles. The molecule has 0 radical (unpaired) electrons. The zero-order valence-electron chi connectivity index (χ0n) is 27.1. The van der Waals surface area contributed by atoms with Crippen LogP contribution in [0.2, 0.25) is 5.02 Å². The van der Waals surface area contributed by atoms with E-state index in [2.05, 4.69) is 21.6 Å². The number of urea groups is 1. The molecule has 10 nitrogen and oxygen atoms in total. The van der Waals surface area contributed by atoms with Gasteiger partial charge in [-0.3, -0.25) is 9.69 Å². The number of halogens is 1. The van der Waals surface area contributed by atoms with Crippen LogP contribution in [0, 0.1) is 13.8 Å². The van der Waals surface area contributed by atoms with Gasteiger partial charge in [-0.25, -0.2) is 9.59 Å². The van der Waals surface area contributed by atoms with Crippen LogP contribution >= 0.6 is 11.6 Å². The highest BCUT2D eigenvalue weighted by Gasteiger charge is 2.36. The fourth-order valence-electron chi connectivity index (χ4n) is 7.54. The first kappa shape index (κ1) is 35.0. The van der Waals surface area contributed by atoms with Gasteiger partial charge in [0.2, 0.25) is 0 Å². The molecular weight excluding hydrogens is 616 g/mol. The fraction of sp³-hybridized carbons (Fsp3) is 0.583. The lowest BCUT2D eigenvalue weighted by atomic mass is 9.99. The van der Waals surface area contributed by atoms with Crippen molar-refractivity contribution >= 4 is 35.3 Å². The zero-order chi connectivity index (χ0) is 32.2. The van der Waals surface area contributed by atoms with E-state index in [0.717, 1.165) is 73.4 Å². The molecule has 2 N–H and O–H groups in total. The Morgan fingerprint density at radius 3 is 2.19 bits per heavy atom. The molecule has 0 spiro atoms. The standard InChI is InChI=1S/C35H47ClN6O4.CH4/c1-24-21-26(22-25(2)32(24)36)23-31(33(43)40-14-8-28(9-15-40)39-19-12-37-13-20-39)46-35(45)41-16-10-29(11-17-41)42-18-7-27-5-3-4-6-30(27)38-34(42)44;/h3-6,21-22,28-29,31,37H,7-20,23H2,1-2H3,(H,38,44);1H4/t31-;/m1./s1. The summed E-state index contributed by atoms with van der Waals surface area (Å²) in [5.74, 6) is -0.131. The van der Waals surface area contributed by atoms with Gasteiger partial charge in [0.05, 0.1) is 0 Å². The number of aryl methyl sites for hydroxylation is 2. The van der Waals surface area contributed by atoms with Crippen LogP contribution in [-0.2, 0) is 22.4 Å². The Kier molecular flexibility index (Phi) is 11.7. The average Bonchev–Trinajstić information content (AvgIpc) is 3.25. The van der Waals surface area contributed by atoms with E-state index in [-0.39, 0.29) is 25.4 Å². The summed E-state index contributed by atoms with van der Waals surface area (Å²) in [6.45, 7) is 10.9. The Bertz CT molecular complexity index is 1390. The first-order valence-corrected chi connectivity index (χ1v) is 17.2. The van der Waals surface area contributed by atoms with E-state index < -0.39 is 12.2 Å². The maximum atomic E-state index is 14.0. The maximum absolute atomic E-state index is 14.0. The molecule has 2 aromatic rings. The number of likely N-dealkylation sites (tertiary alicyclic amines) is 2. The zero-order valence-corrected chi connectivity index (χ0v) is 27.9. The van der Waals surface area contributed by atoms with Crippen LogP contribution in [0.15, 0.2) is 36.4 Å². The Labute approximate surface area is 284 Å². The highest BCUT2D eigenvalue weighted by molar-refractivity contribution is 6.32. The van der Waals surface area contributed by atoms with E-state index in [4.69, 9.17) is 16.3 Å². The van der Waals surface area contributed by atoms with Gasteiger partial charge < -0.3 is 30.1 Å². The number of ether oxygens (including phenoxy) is 1. The summed E-state index contributed by atoms with van der Waals surface area (Å²) in [6.07, 6.45) is 2.86. The van der Waals surface area contributed by atoms with E-state index in [0.29, 0.717) is 63.1 Å². The molecular formula is C36H51ClN6O4. The first-order valence-electron chi connectivity index (χ1n) is 16.9. The largest absolute Gasteiger partial charge is 0.436 e. The number of nitrogens with one attached hydrogen (secondary N) is 2. The third-order valence-electron chi connectivity index (χ3n) is 10.2. The lowest BCUT2D eigenvalue weighted by Crippen LogP contribution is -2.54. The van der Waals surface area contributed by atoms with Crippen molar-refractivity contribution in [3.63, 3.8) is 0 Å². The van der Waals surface area contributed by atoms with Crippen LogP contribution in [-0.4, -0.2) is 115 Å². The summed E-state index contributed by atoms with van der Waals surface area (Å²) < 4.78 is 6.08. The second-order valence-electron chi connectivity index (χ2n) is 13.2. The summed E-state index contributed by atoms with van der Waals surface area (Å²) in [5, 5.41) is 7.18. The van der Waals surface area contributed by atoms with Crippen molar-refractivity contribution in [3.05, 3.63) is 63.7 Å². The molecule has 2 aromatic carbocycles. The molecule has 0 aliphatic carbocycles. The number of nitrogens with zero attached hydrogens (tertiary/aromatic N) is 4. The van der Waals surface area contributed by atoms with Crippen molar-refractivity contribution < 1.29 is 19.1 Å². The molecule has 4 aliphatic heterocycles. The third-order valence-corrected chi connectivity index (χ3v) is 10.8. The normalized spacial score (nSPS) is 20.5. The quantitative estimate of drug-likeness (QED) is 0.446. The van der Waals surface area contributed by atoms with Gasteiger partial charge in [0, 0.05) is 88.1 Å². The molecule has 4 aliphatic rings. The Morgan fingerprint density at radius 1 is 0.894 bits per heavy atom. The molecule has 1 atom stereocenters. The number of carbonyl (C=O) groups excluding carboxylic acids is 3. The topological polar surface area (TPSA) is 97.5 Å². The number of carbonyl (C=O) groups is 3. The number of anilines is 1. The van der Waals surface area contributed by atoms with Crippen LogP contribution in [0.5, 0.6) is 0 Å². The minimum Gasteiger partial charge on any atom is -0.436 e. The highest BCUT2D eigenvalue weighted by Crippen LogP contribution is 2.27. The lowest BCUT2D eigenvalue weighted by Gasteiger charge is -2.41. The Morgan fingerprint density at radius 2 is 1.51 bits per heavy atom. The van der Waals surface area contributed by atoms with Gasteiger partial charge in [-0.2, -0.15) is 0 Å².